The molecule has 0 radical (unpaired) electrons. The molecule has 0 aliphatic heterocycles. The summed E-state index contributed by atoms with van der Waals surface area (Å²) in [7, 11) is 2.26. The first-order valence-corrected chi connectivity index (χ1v) is 7.34. The fourth-order valence-corrected chi connectivity index (χ4v) is 2.08. The molecule has 0 bridgehead atoms. The van der Waals surface area contributed by atoms with Gasteiger partial charge in [0.25, 0.3) is 0 Å². The molecule has 0 aromatic heterocycles. The van der Waals surface area contributed by atoms with Crippen molar-refractivity contribution in [2.24, 2.45) is 11.8 Å². The van der Waals surface area contributed by atoms with E-state index in [1.54, 1.807) is 0 Å². The predicted molar refractivity (Wildman–Crippen MR) is 78.5 cm³/mol. The largest absolute Gasteiger partial charge is 0.316 e. The average Bonchev–Trinajstić information content (AvgIpc) is 2.21. The van der Waals surface area contributed by atoms with Gasteiger partial charge in [0.2, 0.25) is 0 Å². The maximum absolute atomic E-state index is 3.50. The van der Waals surface area contributed by atoms with Crippen LogP contribution in [0, 0.1) is 11.8 Å². The fraction of sp³-hybridized carbons (Fsp3) is 1.00. The summed E-state index contributed by atoms with van der Waals surface area (Å²) in [6, 6.07) is 0.721. The molecule has 2 heteroatoms. The molecule has 104 valence electrons. The summed E-state index contributed by atoms with van der Waals surface area (Å²) in [4.78, 5) is 2.50. The van der Waals surface area contributed by atoms with E-state index in [0.717, 1.165) is 24.4 Å². The van der Waals surface area contributed by atoms with Crippen LogP contribution in [-0.2, 0) is 0 Å². The topological polar surface area (TPSA) is 15.3 Å². The highest BCUT2D eigenvalue weighted by Crippen LogP contribution is 2.09. The van der Waals surface area contributed by atoms with Gasteiger partial charge in [-0.2, -0.15) is 0 Å². The number of nitrogens with zero attached hydrogens (tertiary/aromatic N) is 1. The van der Waals surface area contributed by atoms with Gasteiger partial charge in [0, 0.05) is 6.04 Å². The quantitative estimate of drug-likeness (QED) is 0.591. The molecular weight excluding hydrogens is 208 g/mol. The van der Waals surface area contributed by atoms with Gasteiger partial charge in [0.05, 0.1) is 0 Å². The van der Waals surface area contributed by atoms with Gasteiger partial charge in [-0.05, 0) is 64.7 Å². The molecule has 0 rings (SSSR count). The van der Waals surface area contributed by atoms with Crippen molar-refractivity contribution in [1.82, 2.24) is 10.2 Å². The second-order valence-electron chi connectivity index (χ2n) is 6.26. The van der Waals surface area contributed by atoms with Gasteiger partial charge < -0.3 is 10.2 Å². The number of nitrogens with one attached hydrogen (secondary N) is 1. The van der Waals surface area contributed by atoms with Crippen LogP contribution in [0.15, 0.2) is 0 Å². The van der Waals surface area contributed by atoms with Crippen LogP contribution in [0.2, 0.25) is 0 Å². The Labute approximate surface area is 109 Å². The molecule has 0 spiro atoms. The maximum atomic E-state index is 3.50. The van der Waals surface area contributed by atoms with E-state index in [1.807, 2.05) is 0 Å². The first-order chi connectivity index (χ1) is 7.93. The third-order valence-corrected chi connectivity index (χ3v) is 3.23. The van der Waals surface area contributed by atoms with Crippen molar-refractivity contribution in [3.05, 3.63) is 0 Å². The second-order valence-corrected chi connectivity index (χ2v) is 6.26. The van der Waals surface area contributed by atoms with Crippen LogP contribution < -0.4 is 5.32 Å². The van der Waals surface area contributed by atoms with Crippen LogP contribution in [0.3, 0.4) is 0 Å². The van der Waals surface area contributed by atoms with E-state index in [1.165, 1.54) is 32.4 Å². The molecule has 1 atom stereocenters. The zero-order valence-electron chi connectivity index (χ0n) is 12.9. The Bertz CT molecular complexity index is 166. The molecule has 0 aromatic rings. The summed E-state index contributed by atoms with van der Waals surface area (Å²) in [6.45, 7) is 15.0. The minimum Gasteiger partial charge on any atom is -0.316 e. The molecule has 0 saturated carbocycles. The summed E-state index contributed by atoms with van der Waals surface area (Å²) < 4.78 is 0. The minimum absolute atomic E-state index is 0.721. The lowest BCUT2D eigenvalue weighted by molar-refractivity contribution is 0.224. The Morgan fingerprint density at radius 1 is 0.941 bits per heavy atom. The Morgan fingerprint density at radius 3 is 2.12 bits per heavy atom. The van der Waals surface area contributed by atoms with Crippen molar-refractivity contribution in [2.45, 2.75) is 59.9 Å². The molecule has 1 unspecified atom stereocenters. The maximum Gasteiger partial charge on any atom is 0.00663 e. The molecule has 0 amide bonds. The van der Waals surface area contributed by atoms with Crippen LogP contribution in [0.5, 0.6) is 0 Å². The molecule has 0 aliphatic rings. The van der Waals surface area contributed by atoms with Crippen LogP contribution in [0.25, 0.3) is 0 Å². The van der Waals surface area contributed by atoms with Gasteiger partial charge in [0.1, 0.15) is 0 Å². The molecule has 0 saturated heterocycles. The Balaban J connectivity index is 3.41. The van der Waals surface area contributed by atoms with E-state index in [9.17, 15) is 0 Å². The fourth-order valence-electron chi connectivity index (χ4n) is 2.08. The standard InChI is InChI=1S/C15H34N2/c1-13(2)11-15(5)17(6)10-8-7-9-16-12-14(3)4/h13-16H,7-12H2,1-6H3. The molecule has 0 heterocycles. The molecule has 17 heavy (non-hydrogen) atoms. The van der Waals surface area contributed by atoms with Crippen LogP contribution in [0.4, 0.5) is 0 Å². The third-order valence-electron chi connectivity index (χ3n) is 3.23. The van der Waals surface area contributed by atoms with Crippen molar-refractivity contribution in [3.63, 3.8) is 0 Å². The first-order valence-electron chi connectivity index (χ1n) is 7.34. The normalized spacial score (nSPS) is 13.9. The average molecular weight is 242 g/mol. The van der Waals surface area contributed by atoms with Gasteiger partial charge in [-0.3, -0.25) is 0 Å². The summed E-state index contributed by atoms with van der Waals surface area (Å²) >= 11 is 0. The van der Waals surface area contributed by atoms with Crippen molar-refractivity contribution in [3.8, 4) is 0 Å². The van der Waals surface area contributed by atoms with E-state index in [0.29, 0.717) is 0 Å². The predicted octanol–water partition coefficient (Wildman–Crippen LogP) is 3.38. The summed E-state index contributed by atoms with van der Waals surface area (Å²) in [5.74, 6) is 1.57. The van der Waals surface area contributed by atoms with E-state index in [-0.39, 0.29) is 0 Å². The SMILES string of the molecule is CC(C)CNCCCCN(C)C(C)CC(C)C. The van der Waals surface area contributed by atoms with Gasteiger partial charge >= 0.3 is 0 Å². The highest BCUT2D eigenvalue weighted by Gasteiger charge is 2.09. The van der Waals surface area contributed by atoms with E-state index >= 15 is 0 Å². The number of hydrogen-bond acceptors (Lipinski definition) is 2. The van der Waals surface area contributed by atoms with E-state index in [2.05, 4.69) is 51.9 Å². The number of rotatable bonds is 10. The summed E-state index contributed by atoms with van der Waals surface area (Å²) in [6.07, 6.45) is 3.91. The van der Waals surface area contributed by atoms with Gasteiger partial charge in [-0.15, -0.1) is 0 Å². The number of unbranched alkanes of at least 4 members (excludes halogenated alkanes) is 1. The molecular formula is C15H34N2. The monoisotopic (exact) mass is 242 g/mol. The highest BCUT2D eigenvalue weighted by atomic mass is 15.1. The summed E-state index contributed by atoms with van der Waals surface area (Å²) in [5, 5.41) is 3.50. The summed E-state index contributed by atoms with van der Waals surface area (Å²) in [5.41, 5.74) is 0. The Hall–Kier alpha value is -0.0800. The lowest BCUT2D eigenvalue weighted by Crippen LogP contribution is -2.31. The first kappa shape index (κ1) is 16.9. The van der Waals surface area contributed by atoms with Crippen molar-refractivity contribution in [1.29, 1.82) is 0 Å². The number of hydrogen-bond donors (Lipinski definition) is 1. The van der Waals surface area contributed by atoms with Crippen LogP contribution >= 0.6 is 0 Å². The van der Waals surface area contributed by atoms with Crippen LogP contribution in [-0.4, -0.2) is 37.6 Å². The molecule has 0 aliphatic carbocycles. The Kier molecular flexibility index (Phi) is 9.85. The van der Waals surface area contributed by atoms with Crippen molar-refractivity contribution >= 4 is 0 Å². The van der Waals surface area contributed by atoms with Crippen LogP contribution in [0.1, 0.15) is 53.9 Å². The van der Waals surface area contributed by atoms with Gasteiger partial charge in [0.15, 0.2) is 0 Å². The third kappa shape index (κ3) is 10.8. The smallest absolute Gasteiger partial charge is 0.00663 e. The van der Waals surface area contributed by atoms with E-state index in [4.69, 9.17) is 0 Å². The Morgan fingerprint density at radius 2 is 1.59 bits per heavy atom. The van der Waals surface area contributed by atoms with Gasteiger partial charge in [-0.1, -0.05) is 27.7 Å². The minimum atomic E-state index is 0.721. The highest BCUT2D eigenvalue weighted by molar-refractivity contribution is 4.65. The van der Waals surface area contributed by atoms with Crippen molar-refractivity contribution in [2.75, 3.05) is 26.7 Å². The molecule has 0 aromatic carbocycles. The zero-order valence-corrected chi connectivity index (χ0v) is 12.9. The zero-order chi connectivity index (χ0) is 13.3. The second kappa shape index (κ2) is 9.90. The van der Waals surface area contributed by atoms with Gasteiger partial charge in [-0.25, -0.2) is 0 Å². The van der Waals surface area contributed by atoms with Crippen molar-refractivity contribution < 1.29 is 0 Å². The molecule has 0 fully saturated rings. The molecule has 1 N–H and O–H groups in total. The molecule has 2 nitrogen and oxygen atoms in total. The lowest BCUT2D eigenvalue weighted by atomic mass is 10.0. The van der Waals surface area contributed by atoms with E-state index < -0.39 is 0 Å². The lowest BCUT2D eigenvalue weighted by Gasteiger charge is -2.26.